The molecule has 0 aromatic heterocycles. The zero-order valence-electron chi connectivity index (χ0n) is 13.4. The van der Waals surface area contributed by atoms with E-state index in [2.05, 4.69) is 50.2 Å². The van der Waals surface area contributed by atoms with E-state index in [1.165, 1.54) is 6.42 Å². The van der Waals surface area contributed by atoms with Gasteiger partial charge >= 0.3 is 0 Å². The maximum Gasteiger partial charge on any atom is 0.191 e. The maximum atomic E-state index is 5.84. The van der Waals surface area contributed by atoms with Gasteiger partial charge in [0.2, 0.25) is 0 Å². The number of aliphatic imine (C=N–C) groups is 1. The van der Waals surface area contributed by atoms with Crippen LogP contribution in [0.1, 0.15) is 47.5 Å². The van der Waals surface area contributed by atoms with E-state index >= 15 is 0 Å². The summed E-state index contributed by atoms with van der Waals surface area (Å²) in [6.45, 7) is 12.8. The van der Waals surface area contributed by atoms with Gasteiger partial charge in [-0.25, -0.2) is 0 Å². The Hall–Kier alpha value is -0.0400. The van der Waals surface area contributed by atoms with Gasteiger partial charge < -0.3 is 15.4 Å². The molecule has 1 heterocycles. The minimum absolute atomic E-state index is 0. The first-order chi connectivity index (χ1) is 9.00. The molecule has 0 amide bonds. The fourth-order valence-electron chi connectivity index (χ4n) is 3.39. The number of hydrogen-bond acceptors (Lipinski definition) is 2. The summed E-state index contributed by atoms with van der Waals surface area (Å²) in [6.07, 6.45) is 2.71. The van der Waals surface area contributed by atoms with Crippen molar-refractivity contribution in [1.82, 2.24) is 10.6 Å². The molecule has 118 valence electrons. The summed E-state index contributed by atoms with van der Waals surface area (Å²) in [5.74, 6) is 1.61. The molecule has 0 bridgehead atoms. The Morgan fingerprint density at radius 1 is 1.40 bits per heavy atom. The Morgan fingerprint density at radius 3 is 2.70 bits per heavy atom. The van der Waals surface area contributed by atoms with Gasteiger partial charge in [0, 0.05) is 36.6 Å². The largest absolute Gasteiger partial charge is 0.377 e. The number of nitrogens with one attached hydrogen (secondary N) is 2. The molecule has 5 heteroatoms. The van der Waals surface area contributed by atoms with Crippen LogP contribution in [0.25, 0.3) is 0 Å². The Labute approximate surface area is 140 Å². The van der Waals surface area contributed by atoms with Crippen molar-refractivity contribution in [3.05, 3.63) is 0 Å². The van der Waals surface area contributed by atoms with Gasteiger partial charge in [0.15, 0.2) is 5.96 Å². The van der Waals surface area contributed by atoms with E-state index in [9.17, 15) is 0 Å². The van der Waals surface area contributed by atoms with Gasteiger partial charge in [0.25, 0.3) is 0 Å². The third-order valence-electron chi connectivity index (χ3n) is 4.70. The normalized spacial score (nSPS) is 32.6. The van der Waals surface area contributed by atoms with Crippen LogP contribution < -0.4 is 10.6 Å². The maximum absolute atomic E-state index is 5.84. The van der Waals surface area contributed by atoms with Gasteiger partial charge in [-0.3, -0.25) is 4.99 Å². The number of rotatable bonds is 4. The number of ether oxygens (including phenoxy) is 1. The number of hydrogen-bond donors (Lipinski definition) is 2. The average molecular weight is 395 g/mol. The molecule has 2 N–H and O–H groups in total. The molecular weight excluding hydrogens is 365 g/mol. The molecule has 1 saturated heterocycles. The molecule has 2 aliphatic rings. The molecular formula is C15H30IN3O. The van der Waals surface area contributed by atoms with Gasteiger partial charge in [0.05, 0.1) is 6.10 Å². The monoisotopic (exact) mass is 395 g/mol. The SMILES string of the molecule is CCN=C(NC(C)CC)NC1C2CCOC2C1(C)C.I. The summed E-state index contributed by atoms with van der Waals surface area (Å²) in [4.78, 5) is 4.57. The number of nitrogens with zero attached hydrogens (tertiary/aromatic N) is 1. The molecule has 4 unspecified atom stereocenters. The predicted molar refractivity (Wildman–Crippen MR) is 94.8 cm³/mol. The second-order valence-electron chi connectivity index (χ2n) is 6.46. The quantitative estimate of drug-likeness (QED) is 0.437. The summed E-state index contributed by atoms with van der Waals surface area (Å²) in [5, 5.41) is 7.12. The number of fused-ring (bicyclic) bond motifs is 1. The second-order valence-corrected chi connectivity index (χ2v) is 6.46. The van der Waals surface area contributed by atoms with Crippen molar-refractivity contribution in [2.24, 2.45) is 16.3 Å². The van der Waals surface area contributed by atoms with Crippen LogP contribution in [0.5, 0.6) is 0 Å². The molecule has 2 fully saturated rings. The topological polar surface area (TPSA) is 45.7 Å². The smallest absolute Gasteiger partial charge is 0.191 e. The summed E-state index contributed by atoms with van der Waals surface area (Å²) in [7, 11) is 0. The lowest BCUT2D eigenvalue weighted by atomic mass is 9.57. The minimum Gasteiger partial charge on any atom is -0.377 e. The van der Waals surface area contributed by atoms with E-state index in [1.54, 1.807) is 0 Å². The summed E-state index contributed by atoms with van der Waals surface area (Å²) >= 11 is 0. The van der Waals surface area contributed by atoms with Crippen LogP contribution in [0.3, 0.4) is 0 Å². The highest BCUT2D eigenvalue weighted by atomic mass is 127. The van der Waals surface area contributed by atoms with Crippen molar-refractivity contribution in [3.63, 3.8) is 0 Å². The highest BCUT2D eigenvalue weighted by Crippen LogP contribution is 2.52. The fraction of sp³-hybridized carbons (Fsp3) is 0.933. The van der Waals surface area contributed by atoms with Crippen molar-refractivity contribution < 1.29 is 4.74 Å². The van der Waals surface area contributed by atoms with Crippen LogP contribution in [0.15, 0.2) is 4.99 Å². The lowest BCUT2D eigenvalue weighted by molar-refractivity contribution is -0.106. The summed E-state index contributed by atoms with van der Waals surface area (Å²) < 4.78 is 5.84. The van der Waals surface area contributed by atoms with Crippen LogP contribution in [0, 0.1) is 11.3 Å². The van der Waals surface area contributed by atoms with Crippen molar-refractivity contribution in [2.75, 3.05) is 13.2 Å². The molecule has 0 aromatic rings. The standard InChI is InChI=1S/C15H29N3O.HI/c1-6-10(3)17-14(16-7-2)18-12-11-8-9-19-13(11)15(12,4)5;/h10-13H,6-9H2,1-5H3,(H2,16,17,18);1H. The molecule has 0 radical (unpaired) electrons. The predicted octanol–water partition coefficient (Wildman–Crippen LogP) is 2.77. The van der Waals surface area contributed by atoms with Crippen molar-refractivity contribution in [1.29, 1.82) is 0 Å². The minimum atomic E-state index is 0. The van der Waals surface area contributed by atoms with Crippen molar-refractivity contribution in [3.8, 4) is 0 Å². The molecule has 0 aromatic carbocycles. The van der Waals surface area contributed by atoms with E-state index in [0.717, 1.165) is 25.5 Å². The average Bonchev–Trinajstić information content (AvgIpc) is 2.82. The van der Waals surface area contributed by atoms with E-state index < -0.39 is 0 Å². The molecule has 4 nitrogen and oxygen atoms in total. The molecule has 0 spiro atoms. The molecule has 20 heavy (non-hydrogen) atoms. The van der Waals surface area contributed by atoms with E-state index in [1.807, 2.05) is 0 Å². The molecule has 4 atom stereocenters. The van der Waals surface area contributed by atoms with Crippen LogP contribution in [-0.2, 0) is 4.74 Å². The van der Waals surface area contributed by atoms with Gasteiger partial charge in [0.1, 0.15) is 0 Å². The molecule has 1 aliphatic heterocycles. The summed E-state index contributed by atoms with van der Waals surface area (Å²) in [5.41, 5.74) is 0.201. The van der Waals surface area contributed by atoms with Gasteiger partial charge in [-0.1, -0.05) is 20.8 Å². The Bertz CT molecular complexity index is 346. The third kappa shape index (κ3) is 3.40. The lowest BCUT2D eigenvalue weighted by Gasteiger charge is -2.55. The highest BCUT2D eigenvalue weighted by Gasteiger charge is 2.59. The Balaban J connectivity index is 0.00000200. The highest BCUT2D eigenvalue weighted by molar-refractivity contribution is 14.0. The van der Waals surface area contributed by atoms with Crippen LogP contribution in [0.4, 0.5) is 0 Å². The molecule has 2 rings (SSSR count). The van der Waals surface area contributed by atoms with Crippen LogP contribution in [-0.4, -0.2) is 37.3 Å². The Kier molecular flexibility index (Phi) is 6.57. The zero-order chi connectivity index (χ0) is 14.0. The van der Waals surface area contributed by atoms with E-state index in [0.29, 0.717) is 24.1 Å². The van der Waals surface area contributed by atoms with Crippen LogP contribution >= 0.6 is 24.0 Å². The first-order valence-electron chi connectivity index (χ1n) is 7.69. The van der Waals surface area contributed by atoms with Gasteiger partial charge in [-0.15, -0.1) is 24.0 Å². The van der Waals surface area contributed by atoms with Crippen molar-refractivity contribution >= 4 is 29.9 Å². The third-order valence-corrected chi connectivity index (χ3v) is 4.70. The molecule has 1 saturated carbocycles. The van der Waals surface area contributed by atoms with Gasteiger partial charge in [-0.2, -0.15) is 0 Å². The summed E-state index contributed by atoms with van der Waals surface area (Å²) in [6, 6.07) is 0.929. The molecule has 1 aliphatic carbocycles. The lowest BCUT2D eigenvalue weighted by Crippen LogP contribution is -2.68. The second kappa shape index (κ2) is 7.29. The first kappa shape index (κ1) is 18.0. The fourth-order valence-corrected chi connectivity index (χ4v) is 3.39. The van der Waals surface area contributed by atoms with Gasteiger partial charge in [-0.05, 0) is 26.7 Å². The van der Waals surface area contributed by atoms with Crippen LogP contribution in [0.2, 0.25) is 0 Å². The Morgan fingerprint density at radius 2 is 2.10 bits per heavy atom. The van der Waals surface area contributed by atoms with E-state index in [4.69, 9.17) is 4.74 Å². The number of halogens is 1. The van der Waals surface area contributed by atoms with E-state index in [-0.39, 0.29) is 29.4 Å². The number of guanidine groups is 1. The zero-order valence-corrected chi connectivity index (χ0v) is 15.7. The van der Waals surface area contributed by atoms with Crippen molar-refractivity contribution in [2.45, 2.75) is 65.6 Å². The first-order valence-corrected chi connectivity index (χ1v) is 7.69.